The van der Waals surface area contributed by atoms with Gasteiger partial charge in [-0.25, -0.2) is 0 Å². The molecule has 2 saturated heterocycles. The molecule has 2 aromatic carbocycles. The van der Waals surface area contributed by atoms with Crippen molar-refractivity contribution in [2.75, 3.05) is 44.6 Å². The number of aromatic nitrogens is 1. The maximum Gasteiger partial charge on any atom is 0.264 e. The Morgan fingerprint density at radius 2 is 1.86 bits per heavy atom. The van der Waals surface area contributed by atoms with E-state index < -0.39 is 11.2 Å². The molecule has 3 N–H and O–H groups in total. The predicted molar refractivity (Wildman–Crippen MR) is 168 cm³/mol. The summed E-state index contributed by atoms with van der Waals surface area (Å²) < 4.78 is 0. The minimum absolute atomic E-state index is 0.0773. The number of pyridine rings is 1. The van der Waals surface area contributed by atoms with E-state index in [2.05, 4.69) is 25.8 Å². The molecule has 5 rings (SSSR count). The van der Waals surface area contributed by atoms with Crippen molar-refractivity contribution in [2.24, 2.45) is 0 Å². The van der Waals surface area contributed by atoms with E-state index in [4.69, 9.17) is 0 Å². The second-order valence-corrected chi connectivity index (χ2v) is 11.6. The summed E-state index contributed by atoms with van der Waals surface area (Å²) in [5.41, 5.74) is 2.04. The number of amides is 3. The molecule has 10 nitrogen and oxygen atoms in total. The van der Waals surface area contributed by atoms with Crippen LogP contribution in [0.5, 0.6) is 0 Å². The van der Waals surface area contributed by atoms with Gasteiger partial charge in [-0.1, -0.05) is 30.0 Å². The smallest absolute Gasteiger partial charge is 0.264 e. The summed E-state index contributed by atoms with van der Waals surface area (Å²) in [6.07, 6.45) is 4.10. The maximum atomic E-state index is 13.2. The van der Waals surface area contributed by atoms with Crippen LogP contribution in [0.25, 0.3) is 10.8 Å². The molecule has 0 aliphatic carbocycles. The SMILES string of the molecule is CCN1C(=O)C(CNc2ccc3cc(C(=O)NCCN4CCCC4)ccc3c2)S/C1=C(/C#N)C(=O)NCc1ccccn1. The summed E-state index contributed by atoms with van der Waals surface area (Å²) in [6.45, 7) is 6.39. The predicted octanol–water partition coefficient (Wildman–Crippen LogP) is 3.49. The van der Waals surface area contributed by atoms with Crippen LogP contribution in [-0.2, 0) is 16.1 Å². The topological polar surface area (TPSA) is 130 Å². The fourth-order valence-corrected chi connectivity index (χ4v) is 6.51. The van der Waals surface area contributed by atoms with E-state index in [0.717, 1.165) is 36.1 Å². The van der Waals surface area contributed by atoms with Crippen molar-refractivity contribution in [3.8, 4) is 6.07 Å². The average Bonchev–Trinajstić information content (AvgIpc) is 3.66. The van der Waals surface area contributed by atoms with Crippen LogP contribution in [0.2, 0.25) is 0 Å². The highest BCUT2D eigenvalue weighted by atomic mass is 32.2. The number of carbonyl (C=O) groups is 3. The van der Waals surface area contributed by atoms with Gasteiger partial charge in [-0.05, 0) is 80.0 Å². The number of rotatable bonds is 11. The van der Waals surface area contributed by atoms with Gasteiger partial charge in [-0.3, -0.25) is 19.4 Å². The number of nitriles is 1. The van der Waals surface area contributed by atoms with Gasteiger partial charge in [0.25, 0.3) is 11.8 Å². The molecule has 3 heterocycles. The van der Waals surface area contributed by atoms with Crippen molar-refractivity contribution in [2.45, 2.75) is 31.6 Å². The average molecular weight is 598 g/mol. The number of nitrogens with zero attached hydrogens (tertiary/aromatic N) is 4. The van der Waals surface area contributed by atoms with Crippen LogP contribution in [0.1, 0.15) is 35.8 Å². The number of anilines is 1. The van der Waals surface area contributed by atoms with Crippen LogP contribution in [0.3, 0.4) is 0 Å². The largest absolute Gasteiger partial charge is 0.383 e. The van der Waals surface area contributed by atoms with E-state index in [1.165, 1.54) is 29.5 Å². The number of hydrogen-bond acceptors (Lipinski definition) is 8. The van der Waals surface area contributed by atoms with Crippen LogP contribution in [-0.4, -0.2) is 77.0 Å². The standard InChI is InChI=1S/C32H35N7O3S/c1-2-39-31(42)28(43-32(39)27(19-33)30(41)37-20-26-7-3-4-12-34-26)21-36-25-11-10-22-17-24(9-8-23(22)18-25)29(40)35-13-16-38-14-5-6-15-38/h3-4,7-12,17-18,28,36H,2,5-6,13-16,20-21H2,1H3,(H,35,40)(H,37,41)/b32-27-. The van der Waals surface area contributed by atoms with Crippen molar-refractivity contribution >= 4 is 45.9 Å². The second-order valence-electron chi connectivity index (χ2n) is 10.4. The number of benzene rings is 2. The highest BCUT2D eigenvalue weighted by molar-refractivity contribution is 8.04. The maximum absolute atomic E-state index is 13.2. The Balaban J connectivity index is 1.19. The van der Waals surface area contributed by atoms with E-state index in [-0.39, 0.29) is 23.9 Å². The van der Waals surface area contributed by atoms with E-state index in [0.29, 0.717) is 35.9 Å². The molecular weight excluding hydrogens is 562 g/mol. The third kappa shape index (κ3) is 7.34. The van der Waals surface area contributed by atoms with Crippen molar-refractivity contribution in [1.29, 1.82) is 5.26 Å². The van der Waals surface area contributed by atoms with E-state index >= 15 is 0 Å². The zero-order valence-corrected chi connectivity index (χ0v) is 25.0. The molecule has 0 saturated carbocycles. The lowest BCUT2D eigenvalue weighted by Gasteiger charge is -2.16. The molecular formula is C32H35N7O3S. The minimum Gasteiger partial charge on any atom is -0.383 e. The van der Waals surface area contributed by atoms with Gasteiger partial charge >= 0.3 is 0 Å². The van der Waals surface area contributed by atoms with Crippen molar-refractivity contribution in [3.05, 3.63) is 82.7 Å². The Morgan fingerprint density at radius 3 is 2.60 bits per heavy atom. The quantitative estimate of drug-likeness (QED) is 0.226. The Hall–Kier alpha value is -4.40. The third-order valence-corrected chi connectivity index (χ3v) is 8.87. The van der Waals surface area contributed by atoms with Crippen LogP contribution in [0.4, 0.5) is 5.69 Å². The van der Waals surface area contributed by atoms with Crippen LogP contribution in [0.15, 0.2) is 71.4 Å². The summed E-state index contributed by atoms with van der Waals surface area (Å²) in [5, 5.41) is 20.7. The number of nitrogens with one attached hydrogen (secondary N) is 3. The molecule has 0 radical (unpaired) electrons. The molecule has 3 amide bonds. The monoisotopic (exact) mass is 597 g/mol. The Morgan fingerprint density at radius 1 is 1.07 bits per heavy atom. The lowest BCUT2D eigenvalue weighted by Crippen LogP contribution is -2.33. The van der Waals surface area contributed by atoms with Gasteiger partial charge in [0.2, 0.25) is 5.91 Å². The zero-order valence-electron chi connectivity index (χ0n) is 24.1. The second kappa shape index (κ2) is 14.2. The first-order valence-electron chi connectivity index (χ1n) is 14.6. The summed E-state index contributed by atoms with van der Waals surface area (Å²) in [4.78, 5) is 46.8. The van der Waals surface area contributed by atoms with Gasteiger partial charge in [-0.15, -0.1) is 0 Å². The number of likely N-dealkylation sites (tertiary alicyclic amines) is 1. The Kier molecular flexibility index (Phi) is 9.92. The van der Waals surface area contributed by atoms with E-state index in [1.807, 2.05) is 55.5 Å². The van der Waals surface area contributed by atoms with E-state index in [1.54, 1.807) is 18.3 Å². The molecule has 11 heteroatoms. The van der Waals surface area contributed by atoms with Crippen molar-refractivity contribution in [1.82, 2.24) is 25.4 Å². The van der Waals surface area contributed by atoms with Gasteiger partial charge in [0.15, 0.2) is 0 Å². The van der Waals surface area contributed by atoms with Gasteiger partial charge in [0.1, 0.15) is 21.9 Å². The first-order chi connectivity index (χ1) is 21.0. The molecule has 1 aromatic heterocycles. The summed E-state index contributed by atoms with van der Waals surface area (Å²) in [7, 11) is 0. The van der Waals surface area contributed by atoms with Gasteiger partial charge in [0, 0.05) is 43.6 Å². The molecule has 0 spiro atoms. The molecule has 3 aromatic rings. The molecule has 222 valence electrons. The summed E-state index contributed by atoms with van der Waals surface area (Å²) in [5.74, 6) is -0.766. The highest BCUT2D eigenvalue weighted by Crippen LogP contribution is 2.37. The lowest BCUT2D eigenvalue weighted by atomic mass is 10.1. The fourth-order valence-electron chi connectivity index (χ4n) is 5.25. The Labute approximate surface area is 255 Å². The third-order valence-electron chi connectivity index (χ3n) is 7.57. The number of thioether (sulfide) groups is 1. The van der Waals surface area contributed by atoms with Crippen molar-refractivity contribution in [3.63, 3.8) is 0 Å². The number of fused-ring (bicyclic) bond motifs is 1. The van der Waals surface area contributed by atoms with Crippen LogP contribution >= 0.6 is 11.8 Å². The molecule has 43 heavy (non-hydrogen) atoms. The normalized spacial score (nSPS) is 18.0. The van der Waals surface area contributed by atoms with Gasteiger partial charge in [0.05, 0.1) is 12.2 Å². The van der Waals surface area contributed by atoms with Gasteiger partial charge < -0.3 is 25.8 Å². The molecule has 1 atom stereocenters. The minimum atomic E-state index is -0.537. The summed E-state index contributed by atoms with van der Waals surface area (Å²) >= 11 is 1.22. The first kappa shape index (κ1) is 30.1. The Bertz CT molecular complexity index is 1560. The van der Waals surface area contributed by atoms with E-state index in [9.17, 15) is 19.6 Å². The number of carbonyl (C=O) groups excluding carboxylic acids is 3. The van der Waals surface area contributed by atoms with Crippen molar-refractivity contribution < 1.29 is 14.4 Å². The fraction of sp³-hybridized carbons (Fsp3) is 0.344. The molecule has 0 bridgehead atoms. The lowest BCUT2D eigenvalue weighted by molar-refractivity contribution is -0.127. The summed E-state index contributed by atoms with van der Waals surface area (Å²) in [6, 6.07) is 18.9. The highest BCUT2D eigenvalue weighted by Gasteiger charge is 2.38. The molecule has 2 fully saturated rings. The van der Waals surface area contributed by atoms with Crippen LogP contribution < -0.4 is 16.0 Å². The molecule has 2 aliphatic rings. The molecule has 2 aliphatic heterocycles. The zero-order chi connectivity index (χ0) is 30.2. The first-order valence-corrected chi connectivity index (χ1v) is 15.4. The number of hydrogen-bond donors (Lipinski definition) is 3. The van der Waals surface area contributed by atoms with Crippen LogP contribution in [0, 0.1) is 11.3 Å². The van der Waals surface area contributed by atoms with Gasteiger partial charge in [-0.2, -0.15) is 5.26 Å². The molecule has 1 unspecified atom stereocenters.